The largest absolute Gasteiger partial charge is 0.338 e. The van der Waals surface area contributed by atoms with E-state index in [0.29, 0.717) is 49.1 Å². The second-order valence-corrected chi connectivity index (χ2v) is 7.74. The molecule has 3 heterocycles. The van der Waals surface area contributed by atoms with Crippen molar-refractivity contribution >= 4 is 28.9 Å². The molecule has 2 aromatic carbocycles. The van der Waals surface area contributed by atoms with Gasteiger partial charge in [-0.3, -0.25) is 9.59 Å². The number of aromatic amines is 1. The number of hydrogen-bond donors (Lipinski definition) is 1. The Morgan fingerprint density at radius 2 is 1.59 bits per heavy atom. The van der Waals surface area contributed by atoms with E-state index in [1.807, 2.05) is 52.3 Å². The van der Waals surface area contributed by atoms with Gasteiger partial charge in [-0.1, -0.05) is 30.3 Å². The van der Waals surface area contributed by atoms with Crippen molar-refractivity contribution in [2.45, 2.75) is 0 Å². The van der Waals surface area contributed by atoms with Crippen LogP contribution < -0.4 is 0 Å². The molecule has 7 nitrogen and oxygen atoms in total. The molecule has 2 aliphatic heterocycles. The number of amides is 2. The van der Waals surface area contributed by atoms with Crippen LogP contribution >= 0.6 is 0 Å². The molecule has 0 bridgehead atoms. The number of benzene rings is 2. The fourth-order valence-corrected chi connectivity index (χ4v) is 4.33. The van der Waals surface area contributed by atoms with Gasteiger partial charge >= 0.3 is 0 Å². The summed E-state index contributed by atoms with van der Waals surface area (Å²) in [6.07, 6.45) is 3.50. The van der Waals surface area contributed by atoms with Crippen molar-refractivity contribution in [2.75, 3.05) is 26.2 Å². The van der Waals surface area contributed by atoms with Crippen LogP contribution in [-0.4, -0.2) is 63.2 Å². The Kier molecular flexibility index (Phi) is 4.35. The molecular weight excluding hydrogens is 366 g/mol. The number of carbonyl (C=O) groups is 2. The Morgan fingerprint density at radius 1 is 0.897 bits per heavy atom. The zero-order valence-corrected chi connectivity index (χ0v) is 15.9. The fraction of sp³-hybridized carbons (Fsp3) is 0.273. The summed E-state index contributed by atoms with van der Waals surface area (Å²) in [5.41, 5.74) is 3.08. The van der Waals surface area contributed by atoms with E-state index in [-0.39, 0.29) is 11.8 Å². The van der Waals surface area contributed by atoms with Gasteiger partial charge in [0.05, 0.1) is 0 Å². The lowest BCUT2D eigenvalue weighted by Gasteiger charge is -2.21. The van der Waals surface area contributed by atoms with Crippen molar-refractivity contribution in [3.05, 3.63) is 65.7 Å². The molecule has 0 aliphatic carbocycles. The maximum Gasteiger partial charge on any atom is 0.253 e. The Labute approximate surface area is 168 Å². The number of nitrogens with zero attached hydrogens (tertiary/aromatic N) is 4. The Morgan fingerprint density at radius 3 is 2.34 bits per heavy atom. The van der Waals surface area contributed by atoms with Gasteiger partial charge in [0.2, 0.25) is 5.91 Å². The van der Waals surface area contributed by atoms with E-state index in [1.54, 1.807) is 18.2 Å². The molecule has 3 aromatic rings. The predicted molar refractivity (Wildman–Crippen MR) is 109 cm³/mol. The highest BCUT2D eigenvalue weighted by Gasteiger charge is 2.42. The summed E-state index contributed by atoms with van der Waals surface area (Å²) >= 11 is 0. The molecule has 1 N–H and O–H groups in total. The summed E-state index contributed by atoms with van der Waals surface area (Å²) in [6, 6.07) is 15.2. The summed E-state index contributed by atoms with van der Waals surface area (Å²) in [4.78, 5) is 29.2. The first-order valence-corrected chi connectivity index (χ1v) is 9.79. The molecule has 2 fully saturated rings. The minimum atomic E-state index is 0.0196. The number of rotatable bonds is 3. The number of nitrogens with one attached hydrogen (secondary N) is 1. The molecule has 146 valence electrons. The molecule has 2 saturated heterocycles. The molecule has 1 aromatic heterocycles. The topological polar surface area (TPSA) is 82.2 Å². The molecule has 0 unspecified atom stereocenters. The molecule has 7 heteroatoms. The molecule has 0 radical (unpaired) electrons. The third kappa shape index (κ3) is 3.40. The van der Waals surface area contributed by atoms with Crippen LogP contribution in [0.3, 0.4) is 0 Å². The van der Waals surface area contributed by atoms with Gasteiger partial charge in [0.25, 0.3) is 5.91 Å². The van der Waals surface area contributed by atoms with E-state index in [1.165, 1.54) is 0 Å². The van der Waals surface area contributed by atoms with E-state index in [0.717, 1.165) is 11.1 Å². The van der Waals surface area contributed by atoms with Crippen LogP contribution in [0.25, 0.3) is 17.1 Å². The first-order valence-electron chi connectivity index (χ1n) is 9.79. The highest BCUT2D eigenvalue weighted by Crippen LogP contribution is 2.32. The molecule has 29 heavy (non-hydrogen) atoms. The van der Waals surface area contributed by atoms with Gasteiger partial charge in [-0.2, -0.15) is 15.4 Å². The third-order valence-corrected chi connectivity index (χ3v) is 5.87. The Bertz CT molecular complexity index is 1080. The lowest BCUT2D eigenvalue weighted by molar-refractivity contribution is -0.125. The van der Waals surface area contributed by atoms with Gasteiger partial charge in [0.15, 0.2) is 0 Å². The zero-order chi connectivity index (χ0) is 19.8. The maximum absolute atomic E-state index is 12.9. The molecular formula is C22H21N5O2. The van der Waals surface area contributed by atoms with E-state index < -0.39 is 0 Å². The zero-order valence-electron chi connectivity index (χ0n) is 15.9. The minimum absolute atomic E-state index is 0.0196. The molecule has 5 rings (SSSR count). The van der Waals surface area contributed by atoms with Crippen LogP contribution in [0.15, 0.2) is 54.6 Å². The van der Waals surface area contributed by atoms with Crippen LogP contribution in [0.1, 0.15) is 15.9 Å². The van der Waals surface area contributed by atoms with Crippen molar-refractivity contribution < 1.29 is 9.59 Å². The lowest BCUT2D eigenvalue weighted by Crippen LogP contribution is -2.35. The minimum Gasteiger partial charge on any atom is -0.338 e. The Balaban J connectivity index is 1.21. The lowest BCUT2D eigenvalue weighted by atomic mass is 10.0. The average molecular weight is 387 g/mol. The van der Waals surface area contributed by atoms with Crippen molar-refractivity contribution in [3.8, 4) is 0 Å². The van der Waals surface area contributed by atoms with Crippen LogP contribution in [0.2, 0.25) is 0 Å². The average Bonchev–Trinajstić information content (AvgIpc) is 3.46. The van der Waals surface area contributed by atoms with Gasteiger partial charge in [0.1, 0.15) is 11.0 Å². The van der Waals surface area contributed by atoms with E-state index >= 15 is 0 Å². The highest BCUT2D eigenvalue weighted by atomic mass is 16.2. The van der Waals surface area contributed by atoms with Gasteiger partial charge in [-0.15, -0.1) is 0 Å². The standard InChI is InChI=1S/C22H21N5O2/c28-21(9-6-15-4-2-1-3-5-15)26-11-17-13-27(14-18(17)12-26)22(29)16-7-8-19-20(10-16)24-25-23-19/h1-10,17-18H,11-14H2,(H,23,24,25)/b9-6+/t17-,18-/m1/s1. The molecule has 2 aliphatic rings. The predicted octanol–water partition coefficient (Wildman–Crippen LogP) is 2.20. The van der Waals surface area contributed by atoms with E-state index in [4.69, 9.17) is 0 Å². The molecule has 0 saturated carbocycles. The fourth-order valence-electron chi connectivity index (χ4n) is 4.33. The van der Waals surface area contributed by atoms with Crippen molar-refractivity contribution in [3.63, 3.8) is 0 Å². The Hall–Kier alpha value is -3.48. The van der Waals surface area contributed by atoms with Crippen LogP contribution in [0, 0.1) is 11.8 Å². The second-order valence-electron chi connectivity index (χ2n) is 7.74. The van der Waals surface area contributed by atoms with Gasteiger partial charge in [-0.05, 0) is 29.8 Å². The van der Waals surface area contributed by atoms with Crippen LogP contribution in [0.4, 0.5) is 0 Å². The highest BCUT2D eigenvalue weighted by molar-refractivity contribution is 5.97. The van der Waals surface area contributed by atoms with Crippen molar-refractivity contribution in [2.24, 2.45) is 11.8 Å². The summed E-state index contributed by atoms with van der Waals surface area (Å²) in [5.74, 6) is 0.733. The number of likely N-dealkylation sites (tertiary alicyclic amines) is 2. The number of hydrogen-bond acceptors (Lipinski definition) is 4. The molecule has 2 amide bonds. The summed E-state index contributed by atoms with van der Waals surface area (Å²) < 4.78 is 0. The number of carbonyl (C=O) groups excluding carboxylic acids is 2. The van der Waals surface area contributed by atoms with Crippen molar-refractivity contribution in [1.29, 1.82) is 0 Å². The SMILES string of the molecule is O=C(/C=C/c1ccccc1)N1C[C@@H]2CN(C(=O)c3ccc4n[nH]nc4c3)C[C@H]2C1. The van der Waals surface area contributed by atoms with Gasteiger partial charge in [0, 0.05) is 49.7 Å². The van der Waals surface area contributed by atoms with E-state index in [9.17, 15) is 9.59 Å². The molecule has 2 atom stereocenters. The normalized spacial score (nSPS) is 21.2. The van der Waals surface area contributed by atoms with E-state index in [2.05, 4.69) is 15.4 Å². The monoisotopic (exact) mass is 387 g/mol. The summed E-state index contributed by atoms with van der Waals surface area (Å²) in [5, 5.41) is 10.6. The van der Waals surface area contributed by atoms with Crippen LogP contribution in [0.5, 0.6) is 0 Å². The summed E-state index contributed by atoms with van der Waals surface area (Å²) in [6.45, 7) is 2.78. The van der Waals surface area contributed by atoms with Gasteiger partial charge < -0.3 is 9.80 Å². The summed E-state index contributed by atoms with van der Waals surface area (Å²) in [7, 11) is 0. The van der Waals surface area contributed by atoms with Crippen LogP contribution in [-0.2, 0) is 4.79 Å². The maximum atomic E-state index is 12.9. The number of fused-ring (bicyclic) bond motifs is 2. The third-order valence-electron chi connectivity index (χ3n) is 5.87. The number of aromatic nitrogens is 3. The first kappa shape index (κ1) is 17.6. The van der Waals surface area contributed by atoms with Crippen molar-refractivity contribution in [1.82, 2.24) is 25.2 Å². The van der Waals surface area contributed by atoms with Gasteiger partial charge in [-0.25, -0.2) is 0 Å². The number of H-pyrrole nitrogens is 1. The first-order chi connectivity index (χ1) is 14.2. The molecule has 0 spiro atoms. The smallest absolute Gasteiger partial charge is 0.253 e. The quantitative estimate of drug-likeness (QED) is 0.699. The second kappa shape index (κ2) is 7.16.